The van der Waals surface area contributed by atoms with Crippen LogP contribution in [-0.4, -0.2) is 12.0 Å². The van der Waals surface area contributed by atoms with Gasteiger partial charge in [0.25, 0.3) is 0 Å². The number of hydrogen-bond acceptors (Lipinski definition) is 2. The van der Waals surface area contributed by atoms with Crippen LogP contribution in [0.15, 0.2) is 35.5 Å². The molecule has 0 atom stereocenters. The lowest BCUT2D eigenvalue weighted by molar-refractivity contribution is 0.101. The zero-order valence-corrected chi connectivity index (χ0v) is 10.3. The maximum Gasteiger partial charge on any atom is 0.159 e. The number of carbonyl (C=O) groups excluding carboxylic acids is 1. The minimum Gasteiger partial charge on any atom is -0.295 e. The van der Waals surface area contributed by atoms with Crippen LogP contribution in [0.2, 0.25) is 0 Å². The van der Waals surface area contributed by atoms with Crippen LogP contribution in [0.4, 0.5) is 0 Å². The molecular weight excluding hydrogens is 210 g/mol. The summed E-state index contributed by atoms with van der Waals surface area (Å²) < 4.78 is 0. The van der Waals surface area contributed by atoms with Gasteiger partial charge in [-0.15, -0.1) is 0 Å². The average Bonchev–Trinajstić information content (AvgIpc) is 2.30. The zero-order chi connectivity index (χ0) is 12.7. The molecule has 0 saturated carbocycles. The Balaban J connectivity index is 2.97. The van der Waals surface area contributed by atoms with Gasteiger partial charge in [0.2, 0.25) is 0 Å². The largest absolute Gasteiger partial charge is 0.295 e. The van der Waals surface area contributed by atoms with Crippen LogP contribution in [0.1, 0.15) is 35.3 Å². The van der Waals surface area contributed by atoms with Crippen molar-refractivity contribution in [3.05, 3.63) is 47.2 Å². The van der Waals surface area contributed by atoms with Crippen molar-refractivity contribution in [1.29, 1.82) is 0 Å². The van der Waals surface area contributed by atoms with Crippen molar-refractivity contribution >= 4 is 12.0 Å². The van der Waals surface area contributed by atoms with Crippen LogP contribution in [-0.2, 0) is 0 Å². The first-order valence-electron chi connectivity index (χ1n) is 5.41. The van der Waals surface area contributed by atoms with Gasteiger partial charge in [0.1, 0.15) is 0 Å². The highest BCUT2D eigenvalue weighted by Crippen LogP contribution is 2.10. The van der Waals surface area contributed by atoms with Gasteiger partial charge in [-0.2, -0.15) is 0 Å². The summed E-state index contributed by atoms with van der Waals surface area (Å²) in [6, 6.07) is 5.55. The van der Waals surface area contributed by atoms with E-state index in [0.717, 1.165) is 11.1 Å². The predicted molar refractivity (Wildman–Crippen MR) is 71.4 cm³/mol. The van der Waals surface area contributed by atoms with Crippen molar-refractivity contribution in [2.24, 2.45) is 4.99 Å². The van der Waals surface area contributed by atoms with E-state index in [9.17, 15) is 4.79 Å². The number of carbonyl (C=O) groups is 1. The highest BCUT2D eigenvalue weighted by atomic mass is 16.1. The van der Waals surface area contributed by atoms with Gasteiger partial charge in [-0.1, -0.05) is 24.0 Å². The first kappa shape index (κ1) is 12.9. The molecule has 0 aliphatic heterocycles. The van der Waals surface area contributed by atoms with E-state index in [1.165, 1.54) is 0 Å². The fourth-order valence-electron chi connectivity index (χ4n) is 1.26. The molecule has 0 N–H and O–H groups in total. The second-order valence-corrected chi connectivity index (χ2v) is 3.58. The van der Waals surface area contributed by atoms with Crippen LogP contribution in [0.25, 0.3) is 0 Å². The number of rotatable bonds is 2. The summed E-state index contributed by atoms with van der Waals surface area (Å²) in [5, 5.41) is 0. The van der Waals surface area contributed by atoms with Crippen molar-refractivity contribution < 1.29 is 4.79 Å². The number of nitrogens with zero attached hydrogens (tertiary/aromatic N) is 1. The average molecular weight is 225 g/mol. The fourth-order valence-corrected chi connectivity index (χ4v) is 1.26. The van der Waals surface area contributed by atoms with Crippen LogP contribution in [0.3, 0.4) is 0 Å². The highest BCUT2D eigenvalue weighted by Gasteiger charge is 2.01. The van der Waals surface area contributed by atoms with Crippen LogP contribution in [0.5, 0.6) is 0 Å². The van der Waals surface area contributed by atoms with Gasteiger partial charge in [0, 0.05) is 29.6 Å². The topological polar surface area (TPSA) is 29.4 Å². The Morgan fingerprint density at radius 3 is 2.82 bits per heavy atom. The number of Topliss-reactive ketones (excluding diaryl/α,β-unsaturated/α-hetero) is 1. The van der Waals surface area contributed by atoms with Crippen molar-refractivity contribution in [2.45, 2.75) is 20.8 Å². The first-order valence-corrected chi connectivity index (χ1v) is 5.41. The fraction of sp³-hybridized carbons (Fsp3) is 0.200. The third-order valence-electron chi connectivity index (χ3n) is 2.24. The van der Waals surface area contributed by atoms with Crippen LogP contribution < -0.4 is 0 Å². The van der Waals surface area contributed by atoms with E-state index in [0.29, 0.717) is 5.56 Å². The molecule has 0 unspecified atom stereocenters. The van der Waals surface area contributed by atoms with Gasteiger partial charge in [0.15, 0.2) is 5.78 Å². The summed E-state index contributed by atoms with van der Waals surface area (Å²) in [6.45, 7) is 5.37. The molecule has 0 radical (unpaired) electrons. The van der Waals surface area contributed by atoms with Gasteiger partial charge in [-0.25, -0.2) is 0 Å². The SMILES string of the molecule is CC=NC=CC#Cc1cc(C(C)=O)ccc1C. The number of aryl methyl sites for hydroxylation is 1. The molecule has 2 nitrogen and oxygen atoms in total. The summed E-state index contributed by atoms with van der Waals surface area (Å²) in [5.74, 6) is 5.95. The Bertz CT molecular complexity index is 528. The van der Waals surface area contributed by atoms with Crippen molar-refractivity contribution in [3.8, 4) is 11.8 Å². The summed E-state index contributed by atoms with van der Waals surface area (Å²) in [4.78, 5) is 15.2. The molecule has 2 heteroatoms. The monoisotopic (exact) mass is 225 g/mol. The predicted octanol–water partition coefficient (Wildman–Crippen LogP) is 3.15. The minimum absolute atomic E-state index is 0.0548. The Morgan fingerprint density at radius 2 is 2.18 bits per heavy atom. The lowest BCUT2D eigenvalue weighted by atomic mass is 10.0. The number of aliphatic imine (C=N–C) groups is 1. The number of ketones is 1. The Morgan fingerprint density at radius 1 is 1.41 bits per heavy atom. The number of hydrogen-bond donors (Lipinski definition) is 0. The van der Waals surface area contributed by atoms with Gasteiger partial charge in [0.05, 0.1) is 0 Å². The van der Waals surface area contributed by atoms with Gasteiger partial charge >= 0.3 is 0 Å². The van der Waals surface area contributed by atoms with E-state index in [1.807, 2.05) is 32.0 Å². The third kappa shape index (κ3) is 4.08. The lowest BCUT2D eigenvalue weighted by Gasteiger charge is -2.00. The maximum absolute atomic E-state index is 11.2. The van der Waals surface area contributed by atoms with Crippen molar-refractivity contribution in [3.63, 3.8) is 0 Å². The molecule has 1 aromatic rings. The first-order chi connectivity index (χ1) is 8.15. The number of allylic oxidation sites excluding steroid dienone is 1. The summed E-state index contributed by atoms with van der Waals surface area (Å²) >= 11 is 0. The Hall–Kier alpha value is -2.14. The lowest BCUT2D eigenvalue weighted by Crippen LogP contribution is -1.93. The quantitative estimate of drug-likeness (QED) is 0.432. The van der Waals surface area contributed by atoms with Gasteiger partial charge in [-0.3, -0.25) is 9.79 Å². The van der Waals surface area contributed by atoms with Gasteiger partial charge in [-0.05, 0) is 32.4 Å². The molecule has 0 saturated heterocycles. The molecule has 0 fully saturated rings. The molecule has 86 valence electrons. The molecule has 1 rings (SSSR count). The van der Waals surface area contributed by atoms with E-state index in [4.69, 9.17) is 0 Å². The van der Waals surface area contributed by atoms with E-state index < -0.39 is 0 Å². The molecule has 0 heterocycles. The van der Waals surface area contributed by atoms with Crippen LogP contribution in [0, 0.1) is 18.8 Å². The van der Waals surface area contributed by atoms with Crippen molar-refractivity contribution in [1.82, 2.24) is 0 Å². The summed E-state index contributed by atoms with van der Waals surface area (Å²) in [7, 11) is 0. The molecule has 0 aliphatic carbocycles. The maximum atomic E-state index is 11.2. The van der Waals surface area contributed by atoms with Gasteiger partial charge < -0.3 is 0 Å². The molecule has 1 aromatic carbocycles. The second-order valence-electron chi connectivity index (χ2n) is 3.58. The summed E-state index contributed by atoms with van der Waals surface area (Å²) in [5.41, 5.74) is 2.63. The smallest absolute Gasteiger partial charge is 0.159 e. The molecule has 0 aromatic heterocycles. The standard InChI is InChI=1S/C15H15NO/c1-4-16-10-6-5-7-14-11-15(13(3)17)9-8-12(14)2/h4,6,8-11H,1-3H3. The molecule has 0 aliphatic rings. The highest BCUT2D eigenvalue weighted by molar-refractivity contribution is 5.94. The normalized spacial score (nSPS) is 10.5. The zero-order valence-electron chi connectivity index (χ0n) is 10.3. The van der Waals surface area contributed by atoms with E-state index in [2.05, 4.69) is 16.8 Å². The van der Waals surface area contributed by atoms with E-state index >= 15 is 0 Å². The number of benzene rings is 1. The Labute approximate surface area is 102 Å². The van der Waals surface area contributed by atoms with E-state index in [-0.39, 0.29) is 5.78 Å². The minimum atomic E-state index is 0.0548. The van der Waals surface area contributed by atoms with Crippen LogP contribution >= 0.6 is 0 Å². The summed E-state index contributed by atoms with van der Waals surface area (Å²) in [6.07, 6.45) is 5.01. The second kappa shape index (κ2) is 6.44. The molecule has 0 bridgehead atoms. The molecule has 0 spiro atoms. The van der Waals surface area contributed by atoms with E-state index in [1.54, 1.807) is 25.4 Å². The Kier molecular flexibility index (Phi) is 4.90. The molecular formula is C15H15NO. The molecule has 17 heavy (non-hydrogen) atoms. The third-order valence-corrected chi connectivity index (χ3v) is 2.24. The molecule has 0 amide bonds. The van der Waals surface area contributed by atoms with Crippen molar-refractivity contribution in [2.75, 3.05) is 0 Å².